The second-order valence-electron chi connectivity index (χ2n) is 1.96. The van der Waals surface area contributed by atoms with Gasteiger partial charge in [-0.1, -0.05) is 12.1 Å². The van der Waals surface area contributed by atoms with Gasteiger partial charge in [-0.3, -0.25) is 5.41 Å². The molecule has 0 aliphatic rings. The number of nitrogen functional groups attached to an aromatic ring is 1. The van der Waals surface area contributed by atoms with E-state index >= 15 is 0 Å². The predicted octanol–water partition coefficient (Wildman–Crippen LogP) is 1.68. The van der Waals surface area contributed by atoms with Crippen LogP contribution in [-0.4, -0.2) is 5.84 Å². The molecule has 0 spiro atoms. The fourth-order valence-corrected chi connectivity index (χ4v) is 0.790. The van der Waals surface area contributed by atoms with E-state index in [-0.39, 0.29) is 18.2 Å². The Morgan fingerprint density at radius 3 is 2.09 bits per heavy atom. The van der Waals surface area contributed by atoms with Crippen molar-refractivity contribution in [2.45, 2.75) is 4.90 Å². The van der Waals surface area contributed by atoms with E-state index in [4.69, 9.17) is 11.1 Å². The minimum Gasteiger partial charge on any atom is -0.384 e. The van der Waals surface area contributed by atoms with E-state index in [1.54, 1.807) is 24.3 Å². The van der Waals surface area contributed by atoms with Gasteiger partial charge >= 0.3 is 0 Å². The molecule has 0 aromatic heterocycles. The first kappa shape index (κ1) is 10.3. The molecule has 11 heavy (non-hydrogen) atoms. The van der Waals surface area contributed by atoms with Crippen LogP contribution < -0.4 is 5.73 Å². The summed E-state index contributed by atoms with van der Waals surface area (Å²) in [5.74, 6) is 0.0910. The lowest BCUT2D eigenvalue weighted by molar-refractivity contribution is 1.39. The molecule has 0 amide bonds. The first-order valence-corrected chi connectivity index (χ1v) is 3.28. The third-order valence-electron chi connectivity index (χ3n) is 1.18. The summed E-state index contributed by atoms with van der Waals surface area (Å²) in [5.41, 5.74) is 5.96. The molecule has 0 aliphatic heterocycles. The summed E-state index contributed by atoms with van der Waals surface area (Å²) in [6.45, 7) is 0. The van der Waals surface area contributed by atoms with Gasteiger partial charge in [0.05, 0.1) is 0 Å². The zero-order valence-electron chi connectivity index (χ0n) is 5.74. The topological polar surface area (TPSA) is 49.9 Å². The molecule has 60 valence electrons. The monoisotopic (exact) mass is 188 g/mol. The second-order valence-corrected chi connectivity index (χ2v) is 2.48. The van der Waals surface area contributed by atoms with Crippen LogP contribution in [0.1, 0.15) is 5.56 Å². The quantitative estimate of drug-likeness (QED) is 0.351. The summed E-state index contributed by atoms with van der Waals surface area (Å²) in [6, 6.07) is 7.15. The maximum atomic E-state index is 7.06. The van der Waals surface area contributed by atoms with Crippen molar-refractivity contribution >= 4 is 30.9 Å². The third kappa shape index (κ3) is 2.82. The smallest absolute Gasteiger partial charge is 0.122 e. The Morgan fingerprint density at radius 1 is 1.27 bits per heavy atom. The molecule has 0 fully saturated rings. The highest BCUT2D eigenvalue weighted by Gasteiger charge is 1.92. The highest BCUT2D eigenvalue weighted by molar-refractivity contribution is 7.80. The molecule has 2 nitrogen and oxygen atoms in total. The Labute approximate surface area is 77.1 Å². The highest BCUT2D eigenvalue weighted by atomic mass is 35.5. The van der Waals surface area contributed by atoms with Gasteiger partial charge in [0.25, 0.3) is 0 Å². The Hall–Kier alpha value is -0.670. The van der Waals surface area contributed by atoms with Gasteiger partial charge in [0, 0.05) is 10.5 Å². The van der Waals surface area contributed by atoms with Crippen molar-refractivity contribution in [3.8, 4) is 0 Å². The number of nitrogens with one attached hydrogen (secondary N) is 1. The largest absolute Gasteiger partial charge is 0.384 e. The van der Waals surface area contributed by atoms with Gasteiger partial charge in [-0.05, 0) is 12.1 Å². The number of halogens is 1. The Balaban J connectivity index is 0.000001000. The van der Waals surface area contributed by atoms with Crippen molar-refractivity contribution in [2.24, 2.45) is 5.73 Å². The number of hydrogen-bond acceptors (Lipinski definition) is 2. The lowest BCUT2D eigenvalue weighted by Crippen LogP contribution is -2.10. The van der Waals surface area contributed by atoms with Gasteiger partial charge in [0.15, 0.2) is 0 Å². The maximum absolute atomic E-state index is 7.06. The molecule has 0 atom stereocenters. The van der Waals surface area contributed by atoms with Gasteiger partial charge in [-0.25, -0.2) is 0 Å². The van der Waals surface area contributed by atoms with Crippen molar-refractivity contribution in [3.05, 3.63) is 29.8 Å². The lowest BCUT2D eigenvalue weighted by atomic mass is 10.2. The standard InChI is InChI=1S/C7H8N2S.ClH/c8-7(9)5-1-3-6(10)4-2-5;/h1-4,10H,(H3,8,9);1H. The number of amidine groups is 1. The summed E-state index contributed by atoms with van der Waals surface area (Å²) < 4.78 is 0. The van der Waals surface area contributed by atoms with E-state index in [0.29, 0.717) is 0 Å². The predicted molar refractivity (Wildman–Crippen MR) is 52.0 cm³/mol. The molecule has 0 aliphatic carbocycles. The van der Waals surface area contributed by atoms with Gasteiger partial charge < -0.3 is 5.73 Å². The van der Waals surface area contributed by atoms with E-state index in [1.807, 2.05) is 0 Å². The summed E-state index contributed by atoms with van der Waals surface area (Å²) >= 11 is 4.09. The molecule has 0 bridgehead atoms. The number of benzene rings is 1. The normalized spacial score (nSPS) is 8.45. The van der Waals surface area contributed by atoms with Gasteiger partial charge in [0.2, 0.25) is 0 Å². The van der Waals surface area contributed by atoms with Crippen LogP contribution in [0.2, 0.25) is 0 Å². The van der Waals surface area contributed by atoms with E-state index < -0.39 is 0 Å². The average molecular weight is 189 g/mol. The van der Waals surface area contributed by atoms with Crippen molar-refractivity contribution in [1.82, 2.24) is 0 Å². The van der Waals surface area contributed by atoms with E-state index in [2.05, 4.69) is 12.6 Å². The SMILES string of the molecule is Cl.N=C(N)c1ccc(S)cc1. The first-order chi connectivity index (χ1) is 4.70. The summed E-state index contributed by atoms with van der Waals surface area (Å²) in [4.78, 5) is 0.880. The lowest BCUT2D eigenvalue weighted by Gasteiger charge is -1.96. The van der Waals surface area contributed by atoms with Crippen LogP contribution >= 0.6 is 25.0 Å². The summed E-state index contributed by atoms with van der Waals surface area (Å²) in [5, 5.41) is 7.06. The fourth-order valence-electron chi connectivity index (χ4n) is 0.641. The van der Waals surface area contributed by atoms with Crippen molar-refractivity contribution < 1.29 is 0 Å². The molecular weight excluding hydrogens is 180 g/mol. The van der Waals surface area contributed by atoms with Crippen LogP contribution in [-0.2, 0) is 0 Å². The van der Waals surface area contributed by atoms with Gasteiger partial charge in [-0.2, -0.15) is 0 Å². The van der Waals surface area contributed by atoms with Crippen LogP contribution in [0.3, 0.4) is 0 Å². The molecule has 0 unspecified atom stereocenters. The number of thiol groups is 1. The van der Waals surface area contributed by atoms with Crippen molar-refractivity contribution in [1.29, 1.82) is 5.41 Å². The molecule has 1 aromatic rings. The second kappa shape index (κ2) is 4.26. The Morgan fingerprint density at radius 2 is 1.73 bits per heavy atom. The number of rotatable bonds is 1. The molecule has 1 aromatic carbocycles. The van der Waals surface area contributed by atoms with Crippen LogP contribution in [0.15, 0.2) is 29.2 Å². The number of nitrogens with two attached hydrogens (primary N) is 1. The van der Waals surface area contributed by atoms with Crippen LogP contribution in [0.5, 0.6) is 0 Å². The zero-order chi connectivity index (χ0) is 7.56. The minimum atomic E-state index is 0. The summed E-state index contributed by atoms with van der Waals surface area (Å²) in [6.07, 6.45) is 0. The molecule has 0 heterocycles. The molecule has 3 N–H and O–H groups in total. The van der Waals surface area contributed by atoms with Crippen molar-refractivity contribution in [2.75, 3.05) is 0 Å². The molecule has 0 radical (unpaired) electrons. The maximum Gasteiger partial charge on any atom is 0.122 e. The van der Waals surface area contributed by atoms with Crippen LogP contribution in [0, 0.1) is 5.41 Å². The van der Waals surface area contributed by atoms with E-state index in [1.165, 1.54) is 0 Å². The molecule has 0 saturated carbocycles. The third-order valence-corrected chi connectivity index (χ3v) is 1.48. The molecular formula is C7H9ClN2S. The van der Waals surface area contributed by atoms with Gasteiger partial charge in [-0.15, -0.1) is 25.0 Å². The summed E-state index contributed by atoms with van der Waals surface area (Å²) in [7, 11) is 0. The Bertz CT molecular complexity index is 245. The van der Waals surface area contributed by atoms with Gasteiger partial charge in [0.1, 0.15) is 5.84 Å². The van der Waals surface area contributed by atoms with E-state index in [9.17, 15) is 0 Å². The average Bonchev–Trinajstić information content (AvgIpc) is 1.88. The molecule has 1 rings (SSSR count). The van der Waals surface area contributed by atoms with Crippen LogP contribution in [0.4, 0.5) is 0 Å². The highest BCUT2D eigenvalue weighted by Crippen LogP contribution is 2.06. The van der Waals surface area contributed by atoms with Crippen LogP contribution in [0.25, 0.3) is 0 Å². The fraction of sp³-hybridized carbons (Fsp3) is 0. The first-order valence-electron chi connectivity index (χ1n) is 2.83. The number of hydrogen-bond donors (Lipinski definition) is 3. The molecule has 0 saturated heterocycles. The Kier molecular flexibility index (Phi) is 4.00. The van der Waals surface area contributed by atoms with Crippen molar-refractivity contribution in [3.63, 3.8) is 0 Å². The minimum absolute atomic E-state index is 0. The molecule has 4 heteroatoms. The zero-order valence-corrected chi connectivity index (χ0v) is 7.45. The van der Waals surface area contributed by atoms with E-state index in [0.717, 1.165) is 10.5 Å².